The number of allylic oxidation sites excluding steroid dienone is 4. The summed E-state index contributed by atoms with van der Waals surface area (Å²) in [6.45, 7) is 4.45. The van der Waals surface area contributed by atoms with Crippen molar-refractivity contribution in [2.75, 3.05) is 41.0 Å². The molecule has 0 saturated carbocycles. The summed E-state index contributed by atoms with van der Waals surface area (Å²) in [5.41, 5.74) is 0. The van der Waals surface area contributed by atoms with Gasteiger partial charge in [-0.1, -0.05) is 102 Å². The van der Waals surface area contributed by atoms with Crippen LogP contribution in [0.15, 0.2) is 24.3 Å². The molecular formula is C37H68NO7+. The van der Waals surface area contributed by atoms with Gasteiger partial charge >= 0.3 is 17.9 Å². The van der Waals surface area contributed by atoms with E-state index in [1.54, 1.807) is 0 Å². The molecule has 2 atom stereocenters. The summed E-state index contributed by atoms with van der Waals surface area (Å²) in [5.74, 6) is -1.52. The Morgan fingerprint density at radius 2 is 1.20 bits per heavy atom. The Morgan fingerprint density at radius 1 is 0.667 bits per heavy atom. The van der Waals surface area contributed by atoms with E-state index in [4.69, 9.17) is 14.2 Å². The SMILES string of the molecule is CCCCC/C=C\C/C=C\CCCCCCCCCCCC(=O)OC(COCCC(C(=O)O)[N+](C)(C)C)COC(=O)CCCC. The van der Waals surface area contributed by atoms with Gasteiger partial charge in [-0.25, -0.2) is 4.79 Å². The van der Waals surface area contributed by atoms with Gasteiger partial charge in [-0.05, 0) is 44.9 Å². The molecule has 262 valence electrons. The van der Waals surface area contributed by atoms with E-state index >= 15 is 0 Å². The van der Waals surface area contributed by atoms with Crippen LogP contribution >= 0.6 is 0 Å². The van der Waals surface area contributed by atoms with Crippen molar-refractivity contribution in [2.24, 2.45) is 0 Å². The number of nitrogens with zero attached hydrogens (tertiary/aromatic N) is 1. The number of hydrogen-bond donors (Lipinski definition) is 1. The van der Waals surface area contributed by atoms with Crippen LogP contribution in [0.1, 0.15) is 142 Å². The molecule has 0 heterocycles. The number of carboxylic acid groups (broad SMARTS) is 1. The minimum absolute atomic E-state index is 0.0567. The van der Waals surface area contributed by atoms with Crippen molar-refractivity contribution in [1.29, 1.82) is 0 Å². The van der Waals surface area contributed by atoms with Crippen molar-refractivity contribution < 1.29 is 38.2 Å². The second kappa shape index (κ2) is 29.2. The Bertz CT molecular complexity index is 803. The molecule has 2 unspecified atom stereocenters. The van der Waals surface area contributed by atoms with Crippen molar-refractivity contribution >= 4 is 17.9 Å². The van der Waals surface area contributed by atoms with Crippen LogP contribution in [0.25, 0.3) is 0 Å². The van der Waals surface area contributed by atoms with Gasteiger partial charge in [-0.2, -0.15) is 0 Å². The molecule has 0 bridgehead atoms. The first kappa shape index (κ1) is 42.8. The third-order valence-corrected chi connectivity index (χ3v) is 7.85. The van der Waals surface area contributed by atoms with Crippen molar-refractivity contribution in [3.63, 3.8) is 0 Å². The van der Waals surface area contributed by atoms with Gasteiger partial charge in [0.1, 0.15) is 6.61 Å². The molecule has 0 spiro atoms. The van der Waals surface area contributed by atoms with E-state index in [0.717, 1.165) is 38.5 Å². The van der Waals surface area contributed by atoms with E-state index in [9.17, 15) is 19.5 Å². The lowest BCUT2D eigenvalue weighted by Gasteiger charge is -2.31. The fraction of sp³-hybridized carbons (Fsp3) is 0.811. The van der Waals surface area contributed by atoms with E-state index < -0.39 is 18.1 Å². The van der Waals surface area contributed by atoms with E-state index in [1.165, 1.54) is 70.6 Å². The van der Waals surface area contributed by atoms with E-state index in [1.807, 2.05) is 28.1 Å². The monoisotopic (exact) mass is 638 g/mol. The van der Waals surface area contributed by atoms with Crippen molar-refractivity contribution in [1.82, 2.24) is 0 Å². The zero-order valence-corrected chi connectivity index (χ0v) is 29.6. The summed E-state index contributed by atoms with van der Waals surface area (Å²) < 4.78 is 16.9. The predicted molar refractivity (Wildman–Crippen MR) is 183 cm³/mol. The molecular weight excluding hydrogens is 570 g/mol. The molecule has 0 fully saturated rings. The Kier molecular flexibility index (Phi) is 27.8. The largest absolute Gasteiger partial charge is 0.477 e. The molecule has 1 N–H and O–H groups in total. The molecule has 0 aromatic carbocycles. The summed E-state index contributed by atoms with van der Waals surface area (Å²) >= 11 is 0. The van der Waals surface area contributed by atoms with Crippen LogP contribution in [-0.4, -0.2) is 80.6 Å². The number of hydrogen-bond acceptors (Lipinski definition) is 6. The van der Waals surface area contributed by atoms with Crippen LogP contribution in [0.5, 0.6) is 0 Å². The molecule has 45 heavy (non-hydrogen) atoms. The van der Waals surface area contributed by atoms with E-state index in [0.29, 0.717) is 19.3 Å². The number of aliphatic carboxylic acids is 1. The first-order valence-corrected chi connectivity index (χ1v) is 17.9. The molecule has 0 aliphatic carbocycles. The summed E-state index contributed by atoms with van der Waals surface area (Å²) in [6.07, 6.45) is 28.9. The highest BCUT2D eigenvalue weighted by molar-refractivity contribution is 5.72. The van der Waals surface area contributed by atoms with Gasteiger partial charge < -0.3 is 23.8 Å². The molecule has 0 aromatic rings. The van der Waals surface area contributed by atoms with Crippen LogP contribution in [0.3, 0.4) is 0 Å². The summed E-state index contributed by atoms with van der Waals surface area (Å²) in [5, 5.41) is 9.50. The van der Waals surface area contributed by atoms with Gasteiger partial charge in [0.15, 0.2) is 12.1 Å². The molecule has 8 nitrogen and oxygen atoms in total. The van der Waals surface area contributed by atoms with Crippen LogP contribution in [0.2, 0.25) is 0 Å². The summed E-state index contributed by atoms with van der Waals surface area (Å²) in [7, 11) is 5.49. The quantitative estimate of drug-likeness (QED) is 0.0351. The summed E-state index contributed by atoms with van der Waals surface area (Å²) in [4.78, 5) is 36.1. The average molecular weight is 639 g/mol. The van der Waals surface area contributed by atoms with Gasteiger partial charge in [0.2, 0.25) is 0 Å². The lowest BCUT2D eigenvalue weighted by molar-refractivity contribution is -0.887. The van der Waals surface area contributed by atoms with Crippen molar-refractivity contribution in [3.8, 4) is 0 Å². The topological polar surface area (TPSA) is 99.1 Å². The molecule has 0 radical (unpaired) electrons. The number of carboxylic acids is 1. The average Bonchev–Trinajstić information content (AvgIpc) is 2.98. The second-order valence-electron chi connectivity index (χ2n) is 13.1. The van der Waals surface area contributed by atoms with Gasteiger partial charge in [-0.3, -0.25) is 9.59 Å². The molecule has 0 rings (SSSR count). The zero-order valence-electron chi connectivity index (χ0n) is 29.6. The number of ether oxygens (including phenoxy) is 3. The number of carbonyl (C=O) groups excluding carboxylic acids is 2. The Hall–Kier alpha value is -2.19. The number of quaternary nitrogens is 1. The highest BCUT2D eigenvalue weighted by Gasteiger charge is 2.31. The first-order valence-electron chi connectivity index (χ1n) is 17.9. The van der Waals surface area contributed by atoms with Gasteiger partial charge in [-0.15, -0.1) is 0 Å². The van der Waals surface area contributed by atoms with Crippen molar-refractivity contribution in [3.05, 3.63) is 24.3 Å². The minimum Gasteiger partial charge on any atom is -0.477 e. The Morgan fingerprint density at radius 3 is 1.76 bits per heavy atom. The van der Waals surface area contributed by atoms with Crippen LogP contribution in [0.4, 0.5) is 0 Å². The molecule has 0 saturated heterocycles. The zero-order chi connectivity index (χ0) is 33.6. The predicted octanol–water partition coefficient (Wildman–Crippen LogP) is 8.57. The Labute approximate surface area is 275 Å². The van der Waals surface area contributed by atoms with Gasteiger partial charge in [0.25, 0.3) is 0 Å². The number of esters is 2. The maximum absolute atomic E-state index is 12.5. The molecule has 0 amide bonds. The molecule has 0 aliphatic rings. The maximum atomic E-state index is 12.5. The standard InChI is InChI=1S/C37H67NO7/c1-6-8-10-11-12-13-14-15-16-17-18-19-20-21-22-23-24-25-26-28-36(40)45-33(32-44-35(39)27-9-7-2)31-43-30-29-34(37(41)42)38(3,4)5/h12-13,15-16,33-34H,6-11,14,17-32H2,1-5H3/p+1/b13-12-,16-15-. The van der Waals surface area contributed by atoms with Crippen LogP contribution in [-0.2, 0) is 28.6 Å². The number of rotatable bonds is 31. The third kappa shape index (κ3) is 27.8. The molecule has 0 aliphatic heterocycles. The number of unbranched alkanes of at least 4 members (excludes halogenated alkanes) is 13. The number of likely N-dealkylation sites (N-methyl/N-ethyl adjacent to an activating group) is 1. The summed E-state index contributed by atoms with van der Waals surface area (Å²) in [6, 6.07) is -0.609. The van der Waals surface area contributed by atoms with Crippen LogP contribution in [0, 0.1) is 0 Å². The Balaban J connectivity index is 4.11. The third-order valence-electron chi connectivity index (χ3n) is 7.85. The highest BCUT2D eigenvalue weighted by Crippen LogP contribution is 2.13. The van der Waals surface area contributed by atoms with E-state index in [-0.39, 0.29) is 36.2 Å². The molecule has 8 heteroatoms. The smallest absolute Gasteiger partial charge is 0.362 e. The fourth-order valence-electron chi connectivity index (χ4n) is 4.98. The number of carbonyl (C=O) groups is 3. The lowest BCUT2D eigenvalue weighted by Crippen LogP contribution is -2.50. The van der Waals surface area contributed by atoms with Gasteiger partial charge in [0, 0.05) is 19.3 Å². The second-order valence-corrected chi connectivity index (χ2v) is 13.1. The van der Waals surface area contributed by atoms with Gasteiger partial charge in [0.05, 0.1) is 34.4 Å². The maximum Gasteiger partial charge on any atom is 0.362 e. The van der Waals surface area contributed by atoms with E-state index in [2.05, 4.69) is 31.2 Å². The lowest BCUT2D eigenvalue weighted by atomic mass is 10.1. The van der Waals surface area contributed by atoms with Crippen LogP contribution < -0.4 is 0 Å². The fourth-order valence-corrected chi connectivity index (χ4v) is 4.98. The highest BCUT2D eigenvalue weighted by atomic mass is 16.6. The minimum atomic E-state index is -0.880. The first-order chi connectivity index (χ1) is 21.6. The van der Waals surface area contributed by atoms with Crippen molar-refractivity contribution in [2.45, 2.75) is 154 Å². The normalized spacial score (nSPS) is 13.4. The molecule has 0 aromatic heterocycles.